The number of fused-ring (bicyclic) bond motifs is 2. The van der Waals surface area contributed by atoms with E-state index in [1.807, 2.05) is 4.90 Å². The Morgan fingerprint density at radius 3 is 2.83 bits per heavy atom. The predicted octanol–water partition coefficient (Wildman–Crippen LogP) is 0.811. The maximum absolute atomic E-state index is 12.4. The van der Waals surface area contributed by atoms with Crippen LogP contribution in [0.4, 0.5) is 0 Å². The SMILES string of the molecule is CCCCCCN1CC2(C1)CN(C(=O)COC)C[C@@H]1COCCN12. The van der Waals surface area contributed by atoms with Gasteiger partial charge in [-0.3, -0.25) is 14.6 Å². The van der Waals surface area contributed by atoms with E-state index >= 15 is 0 Å². The van der Waals surface area contributed by atoms with Crippen molar-refractivity contribution in [3.63, 3.8) is 0 Å². The molecule has 3 aliphatic heterocycles. The van der Waals surface area contributed by atoms with Crippen molar-refractivity contribution in [2.45, 2.75) is 44.2 Å². The fourth-order valence-corrected chi connectivity index (χ4v) is 4.59. The van der Waals surface area contributed by atoms with Gasteiger partial charge < -0.3 is 14.4 Å². The van der Waals surface area contributed by atoms with Crippen LogP contribution in [0.3, 0.4) is 0 Å². The van der Waals surface area contributed by atoms with Crippen LogP contribution >= 0.6 is 0 Å². The zero-order valence-electron chi connectivity index (χ0n) is 15.3. The molecule has 0 aromatic rings. The quantitative estimate of drug-likeness (QED) is 0.643. The van der Waals surface area contributed by atoms with Crippen molar-refractivity contribution in [2.75, 3.05) is 66.2 Å². The van der Waals surface area contributed by atoms with E-state index in [0.717, 1.165) is 45.9 Å². The molecule has 1 spiro atoms. The van der Waals surface area contributed by atoms with Crippen LogP contribution in [0.25, 0.3) is 0 Å². The number of nitrogens with zero attached hydrogens (tertiary/aromatic N) is 3. The van der Waals surface area contributed by atoms with Gasteiger partial charge in [0.05, 0.1) is 24.8 Å². The molecule has 0 radical (unpaired) electrons. The first-order chi connectivity index (χ1) is 11.7. The van der Waals surface area contributed by atoms with Crippen molar-refractivity contribution in [1.82, 2.24) is 14.7 Å². The number of methoxy groups -OCH3 is 1. The Morgan fingerprint density at radius 2 is 2.08 bits per heavy atom. The van der Waals surface area contributed by atoms with Gasteiger partial charge in [-0.1, -0.05) is 26.2 Å². The molecule has 3 saturated heterocycles. The highest BCUT2D eigenvalue weighted by Gasteiger charge is 2.54. The summed E-state index contributed by atoms with van der Waals surface area (Å²) in [5.74, 6) is 0.114. The van der Waals surface area contributed by atoms with Gasteiger partial charge in [0.15, 0.2) is 0 Å². The molecule has 0 N–H and O–H groups in total. The van der Waals surface area contributed by atoms with Gasteiger partial charge in [0, 0.05) is 39.8 Å². The normalized spacial score (nSPS) is 27.1. The minimum absolute atomic E-state index is 0.114. The number of rotatable bonds is 7. The standard InChI is InChI=1S/C18H33N3O3/c1-3-4-5-6-7-19-13-18(14-19)15-20(17(22)12-23-2)10-16-11-24-9-8-21(16)18/h16H,3-15H2,1-2H3/t16-/m1/s1. The summed E-state index contributed by atoms with van der Waals surface area (Å²) < 4.78 is 10.7. The largest absolute Gasteiger partial charge is 0.378 e. The van der Waals surface area contributed by atoms with Crippen LogP contribution in [0.5, 0.6) is 0 Å². The van der Waals surface area contributed by atoms with Gasteiger partial charge in [-0.2, -0.15) is 0 Å². The number of piperazine rings is 1. The van der Waals surface area contributed by atoms with Gasteiger partial charge in [-0.25, -0.2) is 0 Å². The lowest BCUT2D eigenvalue weighted by atomic mass is 9.82. The molecule has 0 aromatic heterocycles. The summed E-state index contributed by atoms with van der Waals surface area (Å²) in [4.78, 5) is 19.6. The molecule has 0 saturated carbocycles. The van der Waals surface area contributed by atoms with Gasteiger partial charge in [0.2, 0.25) is 5.91 Å². The molecule has 3 rings (SSSR count). The number of carbonyl (C=O) groups excluding carboxylic acids is 1. The molecule has 0 bridgehead atoms. The van der Waals surface area contributed by atoms with Crippen molar-refractivity contribution in [2.24, 2.45) is 0 Å². The molecular weight excluding hydrogens is 306 g/mol. The van der Waals surface area contributed by atoms with Crippen LogP contribution in [0, 0.1) is 0 Å². The van der Waals surface area contributed by atoms with Gasteiger partial charge in [0.25, 0.3) is 0 Å². The Kier molecular flexibility index (Phi) is 6.13. The third kappa shape index (κ3) is 3.77. The van der Waals surface area contributed by atoms with Crippen molar-refractivity contribution >= 4 is 5.91 Å². The van der Waals surface area contributed by atoms with Gasteiger partial charge in [-0.15, -0.1) is 0 Å². The first kappa shape index (κ1) is 18.1. The lowest BCUT2D eigenvalue weighted by Gasteiger charge is -2.63. The number of morpholine rings is 1. The van der Waals surface area contributed by atoms with Gasteiger partial charge in [0.1, 0.15) is 6.61 Å². The lowest BCUT2D eigenvalue weighted by Crippen LogP contribution is -2.81. The third-order valence-electron chi connectivity index (χ3n) is 5.74. The molecule has 3 aliphatic rings. The molecule has 6 nitrogen and oxygen atoms in total. The molecule has 0 aliphatic carbocycles. The molecule has 24 heavy (non-hydrogen) atoms. The Morgan fingerprint density at radius 1 is 1.25 bits per heavy atom. The van der Waals surface area contributed by atoms with E-state index < -0.39 is 0 Å². The van der Waals surface area contributed by atoms with E-state index in [-0.39, 0.29) is 18.1 Å². The Balaban J connectivity index is 1.58. The number of likely N-dealkylation sites (tertiary alicyclic amines) is 1. The maximum Gasteiger partial charge on any atom is 0.248 e. The highest BCUT2D eigenvalue weighted by Crippen LogP contribution is 2.35. The first-order valence-corrected chi connectivity index (χ1v) is 9.52. The summed E-state index contributed by atoms with van der Waals surface area (Å²) >= 11 is 0. The second kappa shape index (κ2) is 8.13. The highest BCUT2D eigenvalue weighted by molar-refractivity contribution is 5.77. The van der Waals surface area contributed by atoms with Gasteiger partial charge >= 0.3 is 0 Å². The van der Waals surface area contributed by atoms with E-state index in [0.29, 0.717) is 6.04 Å². The Labute approximate surface area is 146 Å². The van der Waals surface area contributed by atoms with Gasteiger partial charge in [-0.05, 0) is 13.0 Å². The minimum Gasteiger partial charge on any atom is -0.378 e. The first-order valence-electron chi connectivity index (χ1n) is 9.52. The number of hydrogen-bond acceptors (Lipinski definition) is 5. The molecule has 0 aromatic carbocycles. The van der Waals surface area contributed by atoms with Crippen LogP contribution in [0.1, 0.15) is 32.6 Å². The van der Waals surface area contributed by atoms with E-state index in [1.54, 1.807) is 7.11 Å². The van der Waals surface area contributed by atoms with E-state index in [1.165, 1.54) is 32.2 Å². The van der Waals surface area contributed by atoms with Crippen molar-refractivity contribution in [3.05, 3.63) is 0 Å². The van der Waals surface area contributed by atoms with E-state index in [9.17, 15) is 4.79 Å². The van der Waals surface area contributed by atoms with E-state index in [2.05, 4.69) is 16.7 Å². The van der Waals surface area contributed by atoms with Crippen molar-refractivity contribution in [3.8, 4) is 0 Å². The molecule has 1 amide bonds. The van der Waals surface area contributed by atoms with Crippen molar-refractivity contribution < 1.29 is 14.3 Å². The molecule has 3 heterocycles. The third-order valence-corrected chi connectivity index (χ3v) is 5.74. The van der Waals surface area contributed by atoms with Crippen LogP contribution in [0.2, 0.25) is 0 Å². The van der Waals surface area contributed by atoms with E-state index in [4.69, 9.17) is 9.47 Å². The van der Waals surface area contributed by atoms with Crippen molar-refractivity contribution in [1.29, 1.82) is 0 Å². The number of amides is 1. The fourth-order valence-electron chi connectivity index (χ4n) is 4.59. The summed E-state index contributed by atoms with van der Waals surface area (Å²) in [6, 6.07) is 0.343. The number of ether oxygens (including phenoxy) is 2. The topological polar surface area (TPSA) is 45.3 Å². The summed E-state index contributed by atoms with van der Waals surface area (Å²) in [6.45, 7) is 10.0. The number of unbranched alkanes of at least 4 members (excludes halogenated alkanes) is 3. The van der Waals surface area contributed by atoms with Crippen LogP contribution in [-0.2, 0) is 14.3 Å². The average Bonchev–Trinajstić information content (AvgIpc) is 2.56. The summed E-state index contributed by atoms with van der Waals surface area (Å²) in [5, 5.41) is 0. The Hall–Kier alpha value is -0.690. The molecule has 0 unspecified atom stereocenters. The summed E-state index contributed by atoms with van der Waals surface area (Å²) in [5.41, 5.74) is 0.140. The molecule has 138 valence electrons. The molecule has 3 fully saturated rings. The predicted molar refractivity (Wildman–Crippen MR) is 93.1 cm³/mol. The monoisotopic (exact) mass is 339 g/mol. The van der Waals surface area contributed by atoms with Crippen LogP contribution in [0.15, 0.2) is 0 Å². The highest BCUT2D eigenvalue weighted by atomic mass is 16.5. The Bertz CT molecular complexity index is 426. The summed E-state index contributed by atoms with van der Waals surface area (Å²) in [7, 11) is 1.59. The maximum atomic E-state index is 12.4. The average molecular weight is 339 g/mol. The van der Waals surface area contributed by atoms with Crippen LogP contribution in [-0.4, -0.2) is 98.4 Å². The molecule has 6 heteroatoms. The van der Waals surface area contributed by atoms with Crippen LogP contribution < -0.4 is 0 Å². The summed E-state index contributed by atoms with van der Waals surface area (Å²) in [6.07, 6.45) is 5.25. The molecular formula is C18H33N3O3. The fraction of sp³-hybridized carbons (Fsp3) is 0.944. The zero-order valence-corrected chi connectivity index (χ0v) is 15.3. The molecule has 1 atom stereocenters. The number of carbonyl (C=O) groups is 1. The second-order valence-corrected chi connectivity index (χ2v) is 7.63. The second-order valence-electron chi connectivity index (χ2n) is 7.63. The smallest absolute Gasteiger partial charge is 0.248 e. The minimum atomic E-state index is 0.114. The number of hydrogen-bond donors (Lipinski definition) is 0. The zero-order chi connectivity index (χ0) is 17.0. The lowest BCUT2D eigenvalue weighted by molar-refractivity contribution is -0.176.